The maximum atomic E-state index is 3.86. The fraction of sp³-hybridized carbons (Fsp3) is 1.00. The monoisotopic (exact) mass is 347 g/mol. The molecule has 0 bridgehead atoms. The van der Waals surface area contributed by atoms with Gasteiger partial charge in [-0.05, 0) is 37.5 Å². The van der Waals surface area contributed by atoms with Gasteiger partial charge in [0.25, 0.3) is 0 Å². The molecule has 0 atom stereocenters. The zero-order valence-corrected chi connectivity index (χ0v) is 17.0. The van der Waals surface area contributed by atoms with E-state index in [1.54, 1.807) is 25.7 Å². The Bertz CT molecular complexity index is 283. The van der Waals surface area contributed by atoms with Gasteiger partial charge in [-0.25, -0.2) is 0 Å². The molecule has 1 heteroatoms. The molecule has 4 fully saturated rings. The standard InChI is InChI=1S/C12H23N.C12H22/c1-3-7-11(8-4-1)13-12-9-5-2-6-10-12;1-3-7-11(8-4-1)12-9-5-2-6-10-12/h11-13H,1-10H2;11-12H,1-10H2. The zero-order valence-electron chi connectivity index (χ0n) is 17.0. The molecule has 0 aromatic rings. The summed E-state index contributed by atoms with van der Waals surface area (Å²) in [5, 5.41) is 3.86. The van der Waals surface area contributed by atoms with Gasteiger partial charge in [-0.2, -0.15) is 0 Å². The van der Waals surface area contributed by atoms with Crippen LogP contribution in [0.3, 0.4) is 0 Å². The van der Waals surface area contributed by atoms with Gasteiger partial charge in [0.2, 0.25) is 0 Å². The van der Waals surface area contributed by atoms with Crippen molar-refractivity contribution >= 4 is 0 Å². The first-order valence-electron chi connectivity index (χ1n) is 12.2. The predicted octanol–water partition coefficient (Wildman–Crippen LogP) is 7.39. The molecule has 0 heterocycles. The second-order valence-electron chi connectivity index (χ2n) is 9.63. The molecule has 0 aromatic carbocycles. The van der Waals surface area contributed by atoms with Crippen molar-refractivity contribution in [2.45, 2.75) is 141 Å². The highest BCUT2D eigenvalue weighted by Crippen LogP contribution is 2.37. The Hall–Kier alpha value is -0.0400. The lowest BCUT2D eigenvalue weighted by atomic mass is 9.73. The Morgan fingerprint density at radius 3 is 0.920 bits per heavy atom. The SMILES string of the molecule is C1CCC(C2CCCCC2)CC1.C1CCC(NC2CCCCC2)CC1. The van der Waals surface area contributed by atoms with Crippen molar-refractivity contribution in [2.75, 3.05) is 0 Å². The van der Waals surface area contributed by atoms with Crippen LogP contribution in [0.25, 0.3) is 0 Å². The summed E-state index contributed by atoms with van der Waals surface area (Å²) in [6, 6.07) is 1.74. The molecule has 0 spiro atoms. The van der Waals surface area contributed by atoms with Gasteiger partial charge in [0.15, 0.2) is 0 Å². The number of nitrogens with one attached hydrogen (secondary N) is 1. The highest BCUT2D eigenvalue weighted by atomic mass is 14.9. The van der Waals surface area contributed by atoms with E-state index >= 15 is 0 Å². The fourth-order valence-electron chi connectivity index (χ4n) is 6.08. The van der Waals surface area contributed by atoms with Crippen LogP contribution in [-0.4, -0.2) is 12.1 Å². The molecular formula is C24H45N. The van der Waals surface area contributed by atoms with E-state index in [9.17, 15) is 0 Å². The summed E-state index contributed by atoms with van der Waals surface area (Å²) < 4.78 is 0. The molecule has 0 unspecified atom stereocenters. The van der Waals surface area contributed by atoms with Crippen LogP contribution in [0.5, 0.6) is 0 Å². The third-order valence-corrected chi connectivity index (χ3v) is 7.65. The lowest BCUT2D eigenvalue weighted by Gasteiger charge is -2.32. The third-order valence-electron chi connectivity index (χ3n) is 7.65. The maximum absolute atomic E-state index is 3.86. The van der Waals surface area contributed by atoms with Crippen LogP contribution in [0.4, 0.5) is 0 Å². The molecule has 25 heavy (non-hydrogen) atoms. The summed E-state index contributed by atoms with van der Waals surface area (Å²) >= 11 is 0. The van der Waals surface area contributed by atoms with Gasteiger partial charge in [0.05, 0.1) is 0 Å². The third kappa shape index (κ3) is 7.24. The second-order valence-corrected chi connectivity index (χ2v) is 9.63. The molecule has 146 valence electrons. The van der Waals surface area contributed by atoms with E-state index in [0.717, 1.165) is 23.9 Å². The number of hydrogen-bond acceptors (Lipinski definition) is 1. The molecule has 1 N–H and O–H groups in total. The largest absolute Gasteiger partial charge is 0.311 e. The Labute approximate surface area is 158 Å². The molecule has 4 aliphatic rings. The first kappa shape index (κ1) is 19.7. The van der Waals surface area contributed by atoms with Gasteiger partial charge in [0, 0.05) is 12.1 Å². The second kappa shape index (κ2) is 11.6. The van der Waals surface area contributed by atoms with E-state index in [0.29, 0.717) is 0 Å². The maximum Gasteiger partial charge on any atom is 0.00696 e. The van der Waals surface area contributed by atoms with Crippen LogP contribution in [-0.2, 0) is 0 Å². The summed E-state index contributed by atoms with van der Waals surface area (Å²) in [4.78, 5) is 0. The Morgan fingerprint density at radius 1 is 0.320 bits per heavy atom. The van der Waals surface area contributed by atoms with Gasteiger partial charge in [-0.1, -0.05) is 103 Å². The van der Waals surface area contributed by atoms with Crippen LogP contribution in [0, 0.1) is 11.8 Å². The minimum Gasteiger partial charge on any atom is -0.311 e. The normalized spacial score (nSPS) is 28.3. The van der Waals surface area contributed by atoms with Crippen molar-refractivity contribution in [3.05, 3.63) is 0 Å². The minimum atomic E-state index is 0.872. The van der Waals surface area contributed by atoms with Crippen molar-refractivity contribution in [1.29, 1.82) is 0 Å². The van der Waals surface area contributed by atoms with Gasteiger partial charge >= 0.3 is 0 Å². The van der Waals surface area contributed by atoms with E-state index in [-0.39, 0.29) is 0 Å². The minimum absolute atomic E-state index is 0.872. The number of rotatable bonds is 3. The van der Waals surface area contributed by atoms with E-state index in [4.69, 9.17) is 0 Å². The molecule has 0 amide bonds. The van der Waals surface area contributed by atoms with E-state index < -0.39 is 0 Å². The zero-order chi connectivity index (χ0) is 17.2. The lowest BCUT2D eigenvalue weighted by Crippen LogP contribution is -2.40. The van der Waals surface area contributed by atoms with E-state index in [1.165, 1.54) is 103 Å². The molecule has 4 aliphatic carbocycles. The molecular weight excluding hydrogens is 302 g/mol. The summed E-state index contributed by atoms with van der Waals surface area (Å²) in [5.41, 5.74) is 0. The summed E-state index contributed by atoms with van der Waals surface area (Å²) in [7, 11) is 0. The Balaban J connectivity index is 0.000000146. The first-order chi connectivity index (χ1) is 12.4. The van der Waals surface area contributed by atoms with Gasteiger partial charge < -0.3 is 5.32 Å². The summed E-state index contributed by atoms with van der Waals surface area (Å²) in [6.45, 7) is 0. The van der Waals surface area contributed by atoms with Crippen LogP contribution in [0.15, 0.2) is 0 Å². The highest BCUT2D eigenvalue weighted by Gasteiger charge is 2.24. The van der Waals surface area contributed by atoms with Crippen LogP contribution >= 0.6 is 0 Å². The molecule has 0 radical (unpaired) electrons. The van der Waals surface area contributed by atoms with Gasteiger partial charge in [-0.15, -0.1) is 0 Å². The van der Waals surface area contributed by atoms with Crippen LogP contribution in [0.2, 0.25) is 0 Å². The van der Waals surface area contributed by atoms with E-state index in [2.05, 4.69) is 5.32 Å². The molecule has 4 rings (SSSR count). The molecule has 0 aliphatic heterocycles. The molecule has 1 nitrogen and oxygen atoms in total. The number of hydrogen-bond donors (Lipinski definition) is 1. The highest BCUT2D eigenvalue weighted by molar-refractivity contribution is 4.79. The topological polar surface area (TPSA) is 12.0 Å². The van der Waals surface area contributed by atoms with Crippen LogP contribution in [0.1, 0.15) is 128 Å². The summed E-state index contributed by atoms with van der Waals surface area (Å²) in [6.07, 6.45) is 30.0. The lowest BCUT2D eigenvalue weighted by molar-refractivity contribution is 0.196. The van der Waals surface area contributed by atoms with Crippen molar-refractivity contribution in [3.63, 3.8) is 0 Å². The predicted molar refractivity (Wildman–Crippen MR) is 110 cm³/mol. The summed E-state index contributed by atoms with van der Waals surface area (Å²) in [5.74, 6) is 2.28. The Morgan fingerprint density at radius 2 is 0.600 bits per heavy atom. The van der Waals surface area contributed by atoms with Gasteiger partial charge in [-0.3, -0.25) is 0 Å². The molecule has 0 saturated heterocycles. The van der Waals surface area contributed by atoms with Crippen molar-refractivity contribution in [3.8, 4) is 0 Å². The molecule has 4 saturated carbocycles. The van der Waals surface area contributed by atoms with Crippen molar-refractivity contribution < 1.29 is 0 Å². The van der Waals surface area contributed by atoms with Crippen LogP contribution < -0.4 is 5.32 Å². The average Bonchev–Trinajstić information content (AvgIpc) is 2.71. The Kier molecular flexibility index (Phi) is 9.17. The van der Waals surface area contributed by atoms with Crippen molar-refractivity contribution in [2.24, 2.45) is 11.8 Å². The van der Waals surface area contributed by atoms with E-state index in [1.807, 2.05) is 0 Å². The fourth-order valence-corrected chi connectivity index (χ4v) is 6.08. The van der Waals surface area contributed by atoms with Crippen molar-refractivity contribution in [1.82, 2.24) is 5.32 Å². The quantitative estimate of drug-likeness (QED) is 0.561. The average molecular weight is 348 g/mol. The molecule has 0 aromatic heterocycles. The smallest absolute Gasteiger partial charge is 0.00696 e. The van der Waals surface area contributed by atoms with Gasteiger partial charge in [0.1, 0.15) is 0 Å². The first-order valence-corrected chi connectivity index (χ1v) is 12.2.